The maximum atomic E-state index is 11.9. The molecule has 2 aromatic rings. The van der Waals surface area contributed by atoms with Crippen LogP contribution in [0.3, 0.4) is 0 Å². The van der Waals surface area contributed by atoms with Crippen molar-refractivity contribution in [1.29, 1.82) is 0 Å². The van der Waals surface area contributed by atoms with E-state index in [0.717, 1.165) is 10.3 Å². The fourth-order valence-corrected chi connectivity index (χ4v) is 5.01. The molecule has 1 fully saturated rings. The summed E-state index contributed by atoms with van der Waals surface area (Å²) >= 11 is 1.47. The van der Waals surface area contributed by atoms with E-state index in [4.69, 9.17) is 0 Å². The summed E-state index contributed by atoms with van der Waals surface area (Å²) in [6.07, 6.45) is 0.523. The van der Waals surface area contributed by atoms with Gasteiger partial charge in [-0.15, -0.1) is 11.8 Å². The standard InChI is InChI=1S/C16H17NO3S2/c18-16(17-14-7-8-22(19,20)11-14)10-21-15-6-5-12-3-1-2-4-13(12)9-15/h1-6,9,14H,7-8,10-11H2,(H,17,18)/t14-/m0/s1. The minimum absolute atomic E-state index is 0.0688. The zero-order chi connectivity index (χ0) is 15.6. The molecule has 22 heavy (non-hydrogen) atoms. The summed E-state index contributed by atoms with van der Waals surface area (Å²) < 4.78 is 22.7. The number of fused-ring (bicyclic) bond motifs is 1. The van der Waals surface area contributed by atoms with Crippen LogP contribution in [0.15, 0.2) is 47.4 Å². The maximum absolute atomic E-state index is 11.9. The molecule has 1 amide bonds. The van der Waals surface area contributed by atoms with Crippen molar-refractivity contribution in [3.63, 3.8) is 0 Å². The predicted molar refractivity (Wildman–Crippen MR) is 89.9 cm³/mol. The molecule has 3 rings (SSSR count). The first-order valence-corrected chi connectivity index (χ1v) is 9.94. The van der Waals surface area contributed by atoms with Crippen molar-refractivity contribution in [2.24, 2.45) is 0 Å². The topological polar surface area (TPSA) is 63.2 Å². The summed E-state index contributed by atoms with van der Waals surface area (Å²) in [5, 5.41) is 5.12. The van der Waals surface area contributed by atoms with Crippen molar-refractivity contribution >= 4 is 38.3 Å². The van der Waals surface area contributed by atoms with Gasteiger partial charge < -0.3 is 5.32 Å². The van der Waals surface area contributed by atoms with E-state index in [1.807, 2.05) is 30.3 Å². The number of nitrogens with one attached hydrogen (secondary N) is 1. The Morgan fingerprint density at radius 3 is 2.68 bits per heavy atom. The van der Waals surface area contributed by atoms with Crippen LogP contribution in [0.4, 0.5) is 0 Å². The van der Waals surface area contributed by atoms with Gasteiger partial charge in [0.25, 0.3) is 0 Å². The predicted octanol–water partition coefficient (Wildman–Crippen LogP) is 2.24. The Labute approximate surface area is 134 Å². The summed E-state index contributed by atoms with van der Waals surface area (Å²) in [5.74, 6) is 0.435. The van der Waals surface area contributed by atoms with Gasteiger partial charge in [0, 0.05) is 10.9 Å². The molecule has 1 aliphatic heterocycles. The lowest BCUT2D eigenvalue weighted by atomic mass is 10.1. The van der Waals surface area contributed by atoms with Gasteiger partial charge in [-0.2, -0.15) is 0 Å². The zero-order valence-corrected chi connectivity index (χ0v) is 13.6. The first-order chi connectivity index (χ1) is 10.5. The van der Waals surface area contributed by atoms with Crippen molar-refractivity contribution in [1.82, 2.24) is 5.32 Å². The van der Waals surface area contributed by atoms with E-state index >= 15 is 0 Å². The average molecular weight is 335 g/mol. The highest BCUT2D eigenvalue weighted by molar-refractivity contribution is 8.00. The second-order valence-electron chi connectivity index (χ2n) is 5.47. The second kappa shape index (κ2) is 6.30. The minimum atomic E-state index is -2.95. The van der Waals surface area contributed by atoms with Gasteiger partial charge in [-0.25, -0.2) is 8.42 Å². The molecule has 0 saturated carbocycles. The maximum Gasteiger partial charge on any atom is 0.230 e. The number of carbonyl (C=O) groups excluding carboxylic acids is 1. The summed E-state index contributed by atoms with van der Waals surface area (Å²) in [5.41, 5.74) is 0. The monoisotopic (exact) mass is 335 g/mol. The largest absolute Gasteiger partial charge is 0.352 e. The van der Waals surface area contributed by atoms with E-state index in [1.54, 1.807) is 0 Å². The van der Waals surface area contributed by atoms with Gasteiger partial charge in [0.2, 0.25) is 5.91 Å². The third kappa shape index (κ3) is 3.81. The van der Waals surface area contributed by atoms with Gasteiger partial charge in [0.1, 0.15) is 0 Å². The molecule has 1 heterocycles. The van der Waals surface area contributed by atoms with Crippen LogP contribution in [0.1, 0.15) is 6.42 Å². The first kappa shape index (κ1) is 15.4. The van der Waals surface area contributed by atoms with Gasteiger partial charge in [-0.3, -0.25) is 4.79 Å². The van der Waals surface area contributed by atoms with E-state index in [2.05, 4.69) is 17.4 Å². The number of carbonyl (C=O) groups is 1. The molecule has 1 aliphatic rings. The van der Waals surface area contributed by atoms with Gasteiger partial charge >= 0.3 is 0 Å². The van der Waals surface area contributed by atoms with Crippen LogP contribution < -0.4 is 5.32 Å². The Morgan fingerprint density at radius 1 is 1.18 bits per heavy atom. The molecule has 0 aliphatic carbocycles. The van der Waals surface area contributed by atoms with Crippen LogP contribution in [0, 0.1) is 0 Å². The molecule has 0 spiro atoms. The van der Waals surface area contributed by atoms with Gasteiger partial charge in [0.15, 0.2) is 9.84 Å². The van der Waals surface area contributed by atoms with Gasteiger partial charge in [-0.1, -0.05) is 30.3 Å². The van der Waals surface area contributed by atoms with Crippen LogP contribution in [0.25, 0.3) is 10.8 Å². The van der Waals surface area contributed by atoms with Crippen molar-refractivity contribution in [2.45, 2.75) is 17.4 Å². The number of benzene rings is 2. The van der Waals surface area contributed by atoms with E-state index in [-0.39, 0.29) is 23.5 Å². The van der Waals surface area contributed by atoms with Crippen molar-refractivity contribution in [3.05, 3.63) is 42.5 Å². The molecule has 116 valence electrons. The highest BCUT2D eigenvalue weighted by Crippen LogP contribution is 2.23. The van der Waals surface area contributed by atoms with Crippen molar-refractivity contribution < 1.29 is 13.2 Å². The quantitative estimate of drug-likeness (QED) is 0.871. The summed E-state index contributed by atoms with van der Waals surface area (Å²) in [6.45, 7) is 0. The second-order valence-corrected chi connectivity index (χ2v) is 8.74. The molecule has 0 unspecified atom stereocenters. The lowest BCUT2D eigenvalue weighted by Gasteiger charge is -2.10. The fraction of sp³-hybridized carbons (Fsp3) is 0.312. The summed E-state index contributed by atoms with van der Waals surface area (Å²) in [6, 6.07) is 14.0. The van der Waals surface area contributed by atoms with Crippen LogP contribution in [0.2, 0.25) is 0 Å². The zero-order valence-electron chi connectivity index (χ0n) is 12.0. The first-order valence-electron chi connectivity index (χ1n) is 7.13. The molecule has 0 radical (unpaired) electrons. The fourth-order valence-electron chi connectivity index (χ4n) is 2.58. The van der Waals surface area contributed by atoms with Crippen LogP contribution in [0.5, 0.6) is 0 Å². The third-order valence-electron chi connectivity index (χ3n) is 3.69. The molecule has 1 atom stereocenters. The summed E-state index contributed by atoms with van der Waals surface area (Å²) in [7, 11) is -2.95. The Bertz CT molecular complexity index is 802. The number of sulfone groups is 1. The molecular formula is C16H17NO3S2. The number of hydrogen-bond acceptors (Lipinski definition) is 4. The smallest absolute Gasteiger partial charge is 0.230 e. The minimum Gasteiger partial charge on any atom is -0.352 e. The van der Waals surface area contributed by atoms with Crippen LogP contribution >= 0.6 is 11.8 Å². The van der Waals surface area contributed by atoms with Crippen molar-refractivity contribution in [3.8, 4) is 0 Å². The molecule has 0 bridgehead atoms. The number of amides is 1. The molecule has 4 nitrogen and oxygen atoms in total. The lowest BCUT2D eigenvalue weighted by molar-refractivity contribution is -0.119. The average Bonchev–Trinajstić information content (AvgIpc) is 2.84. The number of thioether (sulfide) groups is 1. The summed E-state index contributed by atoms with van der Waals surface area (Å²) in [4.78, 5) is 13.0. The van der Waals surface area contributed by atoms with E-state index < -0.39 is 9.84 Å². The lowest BCUT2D eigenvalue weighted by Crippen LogP contribution is -2.36. The Balaban J connectivity index is 1.56. The SMILES string of the molecule is O=C(CSc1ccc2ccccc2c1)N[C@H]1CCS(=O)(=O)C1. The van der Waals surface area contributed by atoms with Crippen LogP contribution in [-0.4, -0.2) is 37.6 Å². The molecule has 2 aromatic carbocycles. The normalized spacial score (nSPS) is 20.1. The van der Waals surface area contributed by atoms with Crippen LogP contribution in [-0.2, 0) is 14.6 Å². The Kier molecular flexibility index (Phi) is 4.40. The molecule has 0 aromatic heterocycles. The molecule has 1 saturated heterocycles. The molecule has 1 N–H and O–H groups in total. The van der Waals surface area contributed by atoms with E-state index in [9.17, 15) is 13.2 Å². The van der Waals surface area contributed by atoms with E-state index in [0.29, 0.717) is 12.2 Å². The highest BCUT2D eigenvalue weighted by Gasteiger charge is 2.28. The van der Waals surface area contributed by atoms with E-state index in [1.165, 1.54) is 17.1 Å². The van der Waals surface area contributed by atoms with Crippen molar-refractivity contribution in [2.75, 3.05) is 17.3 Å². The Hall–Kier alpha value is -1.53. The molecule has 6 heteroatoms. The van der Waals surface area contributed by atoms with Gasteiger partial charge in [0.05, 0.1) is 17.3 Å². The number of rotatable bonds is 4. The molecular weight excluding hydrogens is 318 g/mol. The van der Waals surface area contributed by atoms with Gasteiger partial charge in [-0.05, 0) is 29.3 Å². The highest BCUT2D eigenvalue weighted by atomic mass is 32.2. The number of hydrogen-bond donors (Lipinski definition) is 1. The Morgan fingerprint density at radius 2 is 1.95 bits per heavy atom. The third-order valence-corrected chi connectivity index (χ3v) is 6.45.